The number of fused-ring (bicyclic) bond motifs is 1. The third kappa shape index (κ3) is 9.62. The molecule has 11 nitrogen and oxygen atoms in total. The maximum Gasteiger partial charge on any atom is 0.490 e. The second-order valence-electron chi connectivity index (χ2n) is 7.07. The number of carbonyl (C=O) groups excluding carboxylic acids is 2. The summed E-state index contributed by atoms with van der Waals surface area (Å²) in [5, 5.41) is 16.0. The van der Waals surface area contributed by atoms with E-state index in [9.17, 15) is 27.6 Å². The van der Waals surface area contributed by atoms with Gasteiger partial charge in [0.25, 0.3) is 5.91 Å². The number of carbonyl (C=O) groups is 4. The van der Waals surface area contributed by atoms with Crippen molar-refractivity contribution in [2.75, 3.05) is 31.6 Å². The second kappa shape index (κ2) is 12.8. The summed E-state index contributed by atoms with van der Waals surface area (Å²) in [5.41, 5.74) is 11.9. The van der Waals surface area contributed by atoms with Gasteiger partial charge in [-0.2, -0.15) is 13.2 Å². The number of anilines is 1. The van der Waals surface area contributed by atoms with Gasteiger partial charge in [-0.25, -0.2) is 4.79 Å². The number of carboxylic acids is 2. The molecule has 0 saturated heterocycles. The first-order chi connectivity index (χ1) is 16.2. The number of guanidine groups is 1. The van der Waals surface area contributed by atoms with E-state index >= 15 is 0 Å². The van der Waals surface area contributed by atoms with Gasteiger partial charge < -0.3 is 31.5 Å². The van der Waals surface area contributed by atoms with Crippen molar-refractivity contribution in [3.63, 3.8) is 0 Å². The highest BCUT2D eigenvalue weighted by Crippen LogP contribution is 2.26. The maximum atomic E-state index is 12.8. The number of nitrogens with zero attached hydrogens (tertiary/aromatic N) is 3. The lowest BCUT2D eigenvalue weighted by Gasteiger charge is -2.18. The van der Waals surface area contributed by atoms with Crippen LogP contribution in [0.15, 0.2) is 23.2 Å². The van der Waals surface area contributed by atoms with Crippen molar-refractivity contribution in [1.82, 2.24) is 4.90 Å². The van der Waals surface area contributed by atoms with Crippen molar-refractivity contribution in [2.45, 2.75) is 25.4 Å². The van der Waals surface area contributed by atoms with Crippen LogP contribution in [0.25, 0.3) is 0 Å². The first-order valence-corrected chi connectivity index (χ1v) is 10.00. The topological polar surface area (TPSA) is 180 Å². The summed E-state index contributed by atoms with van der Waals surface area (Å²) in [6, 6.07) is 5.05. The Bertz CT molecular complexity index is 1060. The molecule has 0 unspecified atom stereocenters. The first-order valence-electron chi connectivity index (χ1n) is 10.00. The monoisotopic (exact) mass is 499 g/mol. The van der Waals surface area contributed by atoms with Gasteiger partial charge in [0.2, 0.25) is 5.91 Å². The van der Waals surface area contributed by atoms with Gasteiger partial charge in [-0.15, -0.1) is 0 Å². The van der Waals surface area contributed by atoms with Crippen LogP contribution in [0, 0.1) is 11.8 Å². The summed E-state index contributed by atoms with van der Waals surface area (Å²) in [4.78, 5) is 51.4. The number of halogens is 3. The molecule has 35 heavy (non-hydrogen) atoms. The Morgan fingerprint density at radius 2 is 1.83 bits per heavy atom. The molecule has 0 atom stereocenters. The van der Waals surface area contributed by atoms with Crippen LogP contribution >= 0.6 is 0 Å². The average molecular weight is 499 g/mol. The zero-order chi connectivity index (χ0) is 26.8. The predicted molar refractivity (Wildman–Crippen MR) is 118 cm³/mol. The minimum Gasteiger partial charge on any atom is -0.481 e. The highest BCUT2D eigenvalue weighted by Gasteiger charge is 2.38. The summed E-state index contributed by atoms with van der Waals surface area (Å²) in [6.07, 6.45) is -4.02. The van der Waals surface area contributed by atoms with E-state index in [0.717, 1.165) is 0 Å². The summed E-state index contributed by atoms with van der Waals surface area (Å²) in [5.74, 6) is 1.58. The normalized spacial score (nSPS) is 12.9. The minimum absolute atomic E-state index is 0.0338. The van der Waals surface area contributed by atoms with Gasteiger partial charge in [0.1, 0.15) is 6.54 Å². The van der Waals surface area contributed by atoms with E-state index in [0.29, 0.717) is 36.2 Å². The predicted octanol–water partition coefficient (Wildman–Crippen LogP) is 0.618. The van der Waals surface area contributed by atoms with Crippen LogP contribution in [0.2, 0.25) is 0 Å². The lowest BCUT2D eigenvalue weighted by molar-refractivity contribution is -0.192. The van der Waals surface area contributed by atoms with Crippen LogP contribution in [0.1, 0.15) is 35.2 Å². The number of nitrogens with two attached hydrogens (primary N) is 2. The van der Waals surface area contributed by atoms with E-state index in [2.05, 4.69) is 16.8 Å². The van der Waals surface area contributed by atoms with Gasteiger partial charge in [-0.3, -0.25) is 19.4 Å². The fourth-order valence-corrected chi connectivity index (χ4v) is 2.67. The molecule has 0 radical (unpaired) electrons. The highest BCUT2D eigenvalue weighted by molar-refractivity contribution is 6.09. The Kier molecular flexibility index (Phi) is 10.5. The number of likely N-dealkylation sites (N-methyl/N-ethyl adjacent to an activating group) is 1. The molecule has 0 bridgehead atoms. The number of benzene rings is 1. The minimum atomic E-state index is -5.08. The summed E-state index contributed by atoms with van der Waals surface area (Å²) < 4.78 is 31.7. The zero-order valence-electron chi connectivity index (χ0n) is 18.6. The molecule has 1 aromatic rings. The van der Waals surface area contributed by atoms with Gasteiger partial charge in [0.05, 0.1) is 17.7 Å². The number of hydrogen-bond acceptors (Lipinski definition) is 5. The van der Waals surface area contributed by atoms with Gasteiger partial charge in [-0.1, -0.05) is 11.8 Å². The molecule has 6 N–H and O–H groups in total. The van der Waals surface area contributed by atoms with Crippen LogP contribution in [0.4, 0.5) is 18.9 Å². The average Bonchev–Trinajstić information content (AvgIpc) is 2.84. The van der Waals surface area contributed by atoms with Crippen LogP contribution in [-0.4, -0.2) is 77.7 Å². The highest BCUT2D eigenvalue weighted by atomic mass is 19.4. The van der Waals surface area contributed by atoms with Crippen molar-refractivity contribution >= 4 is 35.4 Å². The SMILES string of the molecule is CN1C(=O)CN(CCC(=O)O)C(=O)c2cc(C#CCCCN=C(N)N)ccc21.O=C(O)C(F)(F)F. The van der Waals surface area contributed by atoms with E-state index in [1.54, 1.807) is 25.2 Å². The molecule has 0 spiro atoms. The van der Waals surface area contributed by atoms with E-state index in [1.807, 2.05) is 0 Å². The second-order valence-corrected chi connectivity index (χ2v) is 7.07. The first kappa shape index (κ1) is 28.8. The number of aliphatic imine (C=N–C) groups is 1. The Morgan fingerprint density at radius 3 is 2.37 bits per heavy atom. The Balaban J connectivity index is 0.000000762. The van der Waals surface area contributed by atoms with Gasteiger partial charge >= 0.3 is 18.1 Å². The molecule has 2 amide bonds. The van der Waals surface area contributed by atoms with E-state index in [1.165, 1.54) is 9.80 Å². The smallest absolute Gasteiger partial charge is 0.481 e. The van der Waals surface area contributed by atoms with Crippen molar-refractivity contribution in [1.29, 1.82) is 0 Å². The fraction of sp³-hybridized carbons (Fsp3) is 0.381. The van der Waals surface area contributed by atoms with Crippen molar-refractivity contribution in [3.8, 4) is 11.8 Å². The lowest BCUT2D eigenvalue weighted by atomic mass is 10.1. The maximum absolute atomic E-state index is 12.8. The molecular weight excluding hydrogens is 475 g/mol. The molecule has 1 aliphatic heterocycles. The van der Waals surface area contributed by atoms with Crippen LogP contribution < -0.4 is 16.4 Å². The molecule has 0 aliphatic carbocycles. The number of hydrogen-bond donors (Lipinski definition) is 4. The zero-order valence-corrected chi connectivity index (χ0v) is 18.6. The summed E-state index contributed by atoms with van der Waals surface area (Å²) in [7, 11) is 1.59. The van der Waals surface area contributed by atoms with Gasteiger partial charge in [0, 0.05) is 32.1 Å². The summed E-state index contributed by atoms with van der Waals surface area (Å²) >= 11 is 0. The number of rotatable bonds is 6. The molecule has 1 aromatic carbocycles. The number of aliphatic carboxylic acids is 2. The van der Waals surface area contributed by atoms with Gasteiger partial charge in [-0.05, 0) is 24.6 Å². The third-order valence-electron chi connectivity index (χ3n) is 4.40. The quantitative estimate of drug-likeness (QED) is 0.190. The van der Waals surface area contributed by atoms with Gasteiger partial charge in [0.15, 0.2) is 5.96 Å². The van der Waals surface area contributed by atoms with Crippen molar-refractivity contribution < 1.29 is 42.6 Å². The molecule has 0 aromatic heterocycles. The molecular formula is C21H24F3N5O6. The van der Waals surface area contributed by atoms with Crippen LogP contribution in [-0.2, 0) is 14.4 Å². The Labute approximate surface area is 198 Å². The summed E-state index contributed by atoms with van der Waals surface area (Å²) in [6.45, 7) is 0.294. The van der Waals surface area contributed by atoms with Crippen molar-refractivity contribution in [3.05, 3.63) is 29.3 Å². The standard InChI is InChI=1S/C19H23N5O4.C2HF3O2/c1-23-15-7-6-13(5-3-2-4-9-22-19(20)21)11-14(15)18(28)24(12-16(23)25)10-8-17(26)27;3-2(4,5)1(6)7/h6-7,11H,2,4,8-10,12H2,1H3,(H,26,27)(H4,20,21,22);(H,6,7). The number of unbranched alkanes of at least 4 members (excludes halogenated alkanes) is 1. The van der Waals surface area contributed by atoms with Crippen LogP contribution in [0.3, 0.4) is 0 Å². The molecule has 1 heterocycles. The van der Waals surface area contributed by atoms with E-state index in [4.69, 9.17) is 26.5 Å². The van der Waals surface area contributed by atoms with E-state index < -0.39 is 18.1 Å². The number of amides is 2. The Hall–Kier alpha value is -4.28. The molecule has 1 aliphatic rings. The van der Waals surface area contributed by atoms with Crippen molar-refractivity contribution in [2.24, 2.45) is 16.5 Å². The molecule has 14 heteroatoms. The lowest BCUT2D eigenvalue weighted by Crippen LogP contribution is -2.38. The largest absolute Gasteiger partial charge is 0.490 e. The number of alkyl halides is 3. The molecule has 0 fully saturated rings. The molecule has 2 rings (SSSR count). The molecule has 0 saturated carbocycles. The third-order valence-corrected chi connectivity index (χ3v) is 4.40. The Morgan fingerprint density at radius 1 is 1.20 bits per heavy atom. The molecule has 190 valence electrons. The number of carboxylic acid groups (broad SMARTS) is 2. The van der Waals surface area contributed by atoms with E-state index in [-0.39, 0.29) is 37.3 Å². The van der Waals surface area contributed by atoms with Crippen LogP contribution in [0.5, 0.6) is 0 Å². The fourth-order valence-electron chi connectivity index (χ4n) is 2.67.